The topological polar surface area (TPSA) is 58.4 Å². The molecule has 3 rings (SSSR count). The van der Waals surface area contributed by atoms with Gasteiger partial charge in [0.1, 0.15) is 10.3 Å². The third kappa shape index (κ3) is 3.19. The lowest BCUT2D eigenvalue weighted by Gasteiger charge is -2.36. The molecule has 0 N–H and O–H groups in total. The summed E-state index contributed by atoms with van der Waals surface area (Å²) in [6.45, 7) is 2.25. The highest BCUT2D eigenvalue weighted by molar-refractivity contribution is 9.10. The van der Waals surface area contributed by atoms with Gasteiger partial charge in [0.05, 0.1) is 11.9 Å². The number of halogens is 2. The molecule has 8 heteroatoms. The molecule has 1 aromatic carbocycles. The van der Waals surface area contributed by atoms with E-state index in [0.29, 0.717) is 36.2 Å². The first-order chi connectivity index (χ1) is 11.5. The highest BCUT2D eigenvalue weighted by atomic mass is 79.9. The average molecular weight is 395 g/mol. The number of aryl methyl sites for hydroxylation is 1. The first-order valence-corrected chi connectivity index (χ1v) is 8.28. The molecule has 0 unspecified atom stereocenters. The number of nitrogens with zero attached hydrogens (tertiary/aromatic N) is 4. The number of hydrogen-bond acceptors (Lipinski definition) is 4. The SMILES string of the molecule is Cn1ncc(N2CCN(C(=O)c3ccc(F)cc3)CC2)c(Br)c1=O. The van der Waals surface area contributed by atoms with E-state index in [0.717, 1.165) is 5.69 Å². The van der Waals surface area contributed by atoms with Crippen LogP contribution in [-0.2, 0) is 7.05 Å². The summed E-state index contributed by atoms with van der Waals surface area (Å²) in [4.78, 5) is 28.1. The molecule has 1 aromatic heterocycles. The highest BCUT2D eigenvalue weighted by Gasteiger charge is 2.24. The van der Waals surface area contributed by atoms with Gasteiger partial charge in [-0.25, -0.2) is 9.07 Å². The third-order valence-electron chi connectivity index (χ3n) is 4.06. The molecule has 0 saturated carbocycles. The predicted molar refractivity (Wildman–Crippen MR) is 91.7 cm³/mol. The standard InChI is InChI=1S/C16H16BrFN4O2/c1-20-16(24)14(17)13(10-19-20)21-6-8-22(9-7-21)15(23)11-2-4-12(18)5-3-11/h2-5,10H,6-9H2,1H3. The Morgan fingerprint density at radius 3 is 2.42 bits per heavy atom. The Kier molecular flexibility index (Phi) is 4.66. The highest BCUT2D eigenvalue weighted by Crippen LogP contribution is 2.23. The molecule has 2 heterocycles. The maximum Gasteiger partial charge on any atom is 0.282 e. The first-order valence-electron chi connectivity index (χ1n) is 7.49. The van der Waals surface area contributed by atoms with E-state index >= 15 is 0 Å². The van der Waals surface area contributed by atoms with Crippen LogP contribution in [0, 0.1) is 5.82 Å². The zero-order chi connectivity index (χ0) is 17.3. The Bertz CT molecular complexity index is 814. The fourth-order valence-electron chi connectivity index (χ4n) is 2.65. The van der Waals surface area contributed by atoms with E-state index in [1.165, 1.54) is 28.9 Å². The van der Waals surface area contributed by atoms with Gasteiger partial charge in [0, 0.05) is 38.8 Å². The van der Waals surface area contributed by atoms with Crippen molar-refractivity contribution in [2.45, 2.75) is 0 Å². The molecule has 24 heavy (non-hydrogen) atoms. The summed E-state index contributed by atoms with van der Waals surface area (Å²) < 4.78 is 14.7. The molecular formula is C16H16BrFN4O2. The summed E-state index contributed by atoms with van der Waals surface area (Å²) in [5.74, 6) is -0.477. The zero-order valence-corrected chi connectivity index (χ0v) is 14.7. The molecule has 0 radical (unpaired) electrons. The zero-order valence-electron chi connectivity index (χ0n) is 13.1. The number of anilines is 1. The van der Waals surface area contributed by atoms with Crippen LogP contribution in [0.3, 0.4) is 0 Å². The largest absolute Gasteiger partial charge is 0.366 e. The normalized spacial score (nSPS) is 14.8. The Balaban J connectivity index is 1.70. The van der Waals surface area contributed by atoms with E-state index < -0.39 is 0 Å². The van der Waals surface area contributed by atoms with Crippen molar-refractivity contribution in [1.82, 2.24) is 14.7 Å². The third-order valence-corrected chi connectivity index (χ3v) is 4.80. The maximum absolute atomic E-state index is 13.0. The van der Waals surface area contributed by atoms with Crippen molar-refractivity contribution in [3.63, 3.8) is 0 Å². The molecule has 1 amide bonds. The monoisotopic (exact) mass is 394 g/mol. The minimum Gasteiger partial charge on any atom is -0.366 e. The second kappa shape index (κ2) is 6.72. The van der Waals surface area contributed by atoms with Gasteiger partial charge in [-0.1, -0.05) is 0 Å². The smallest absolute Gasteiger partial charge is 0.282 e. The molecule has 6 nitrogen and oxygen atoms in total. The number of aromatic nitrogens is 2. The van der Waals surface area contributed by atoms with Crippen molar-refractivity contribution in [2.75, 3.05) is 31.1 Å². The Morgan fingerprint density at radius 2 is 1.79 bits per heavy atom. The van der Waals surface area contributed by atoms with Crippen molar-refractivity contribution in [3.05, 3.63) is 56.7 Å². The van der Waals surface area contributed by atoms with Crippen molar-refractivity contribution < 1.29 is 9.18 Å². The molecule has 0 atom stereocenters. The fraction of sp³-hybridized carbons (Fsp3) is 0.312. The summed E-state index contributed by atoms with van der Waals surface area (Å²) in [5, 5.41) is 4.04. The molecule has 1 saturated heterocycles. The lowest BCUT2D eigenvalue weighted by molar-refractivity contribution is 0.0746. The molecular weight excluding hydrogens is 379 g/mol. The van der Waals surface area contributed by atoms with Gasteiger partial charge in [0.2, 0.25) is 0 Å². The molecule has 0 bridgehead atoms. The number of carbonyl (C=O) groups excluding carboxylic acids is 1. The number of benzene rings is 1. The quantitative estimate of drug-likeness (QED) is 0.776. The lowest BCUT2D eigenvalue weighted by Crippen LogP contribution is -2.49. The number of rotatable bonds is 2. The van der Waals surface area contributed by atoms with Crippen LogP contribution in [0.15, 0.2) is 39.7 Å². The Morgan fingerprint density at radius 1 is 1.17 bits per heavy atom. The summed E-state index contributed by atoms with van der Waals surface area (Å²) in [7, 11) is 1.59. The van der Waals surface area contributed by atoms with E-state index in [1.54, 1.807) is 18.1 Å². The van der Waals surface area contributed by atoms with Gasteiger partial charge in [-0.05, 0) is 40.2 Å². The Labute approximate surface area is 146 Å². The van der Waals surface area contributed by atoms with Crippen LogP contribution >= 0.6 is 15.9 Å². The van der Waals surface area contributed by atoms with Gasteiger partial charge in [-0.2, -0.15) is 5.10 Å². The number of piperazine rings is 1. The number of carbonyl (C=O) groups is 1. The fourth-order valence-corrected chi connectivity index (χ4v) is 3.26. The van der Waals surface area contributed by atoms with E-state index in [2.05, 4.69) is 21.0 Å². The van der Waals surface area contributed by atoms with Gasteiger partial charge in [-0.15, -0.1) is 0 Å². The van der Waals surface area contributed by atoms with Crippen molar-refractivity contribution >= 4 is 27.5 Å². The molecule has 0 aliphatic carbocycles. The molecule has 126 valence electrons. The van der Waals surface area contributed by atoms with Gasteiger partial charge < -0.3 is 9.80 Å². The predicted octanol–water partition coefficient (Wildman–Crippen LogP) is 1.64. The maximum atomic E-state index is 13.0. The first kappa shape index (κ1) is 16.6. The number of hydrogen-bond donors (Lipinski definition) is 0. The second-order valence-corrected chi connectivity index (χ2v) is 6.35. The van der Waals surface area contributed by atoms with Gasteiger partial charge >= 0.3 is 0 Å². The van der Waals surface area contributed by atoms with E-state index in [9.17, 15) is 14.0 Å². The lowest BCUT2D eigenvalue weighted by atomic mass is 10.1. The van der Waals surface area contributed by atoms with Crippen LogP contribution in [-0.4, -0.2) is 46.8 Å². The van der Waals surface area contributed by atoms with Crippen molar-refractivity contribution in [3.8, 4) is 0 Å². The van der Waals surface area contributed by atoms with E-state index in [4.69, 9.17) is 0 Å². The minimum absolute atomic E-state index is 0.115. The van der Waals surface area contributed by atoms with Crippen LogP contribution in [0.4, 0.5) is 10.1 Å². The van der Waals surface area contributed by atoms with Gasteiger partial charge in [0.15, 0.2) is 0 Å². The van der Waals surface area contributed by atoms with Crippen LogP contribution in [0.5, 0.6) is 0 Å². The van der Waals surface area contributed by atoms with Crippen LogP contribution in [0.25, 0.3) is 0 Å². The summed E-state index contributed by atoms with van der Waals surface area (Å²) in [6, 6.07) is 5.55. The van der Waals surface area contributed by atoms with Crippen molar-refractivity contribution in [1.29, 1.82) is 0 Å². The van der Waals surface area contributed by atoms with Gasteiger partial charge in [-0.3, -0.25) is 9.59 Å². The molecule has 1 aliphatic heterocycles. The molecule has 1 aliphatic rings. The molecule has 0 spiro atoms. The Hall–Kier alpha value is -2.22. The number of amides is 1. The van der Waals surface area contributed by atoms with E-state index in [1.807, 2.05) is 4.90 Å². The minimum atomic E-state index is -0.362. The summed E-state index contributed by atoms with van der Waals surface area (Å²) in [6.07, 6.45) is 1.64. The van der Waals surface area contributed by atoms with Crippen LogP contribution in [0.2, 0.25) is 0 Å². The summed E-state index contributed by atoms with van der Waals surface area (Å²) >= 11 is 3.32. The summed E-state index contributed by atoms with van der Waals surface area (Å²) in [5.41, 5.74) is 1.01. The van der Waals surface area contributed by atoms with Gasteiger partial charge in [0.25, 0.3) is 11.5 Å². The molecule has 2 aromatic rings. The average Bonchev–Trinajstić information content (AvgIpc) is 2.60. The molecule has 1 fully saturated rings. The van der Waals surface area contributed by atoms with Crippen molar-refractivity contribution in [2.24, 2.45) is 7.05 Å². The second-order valence-electron chi connectivity index (χ2n) is 5.56. The van der Waals surface area contributed by atoms with Crippen LogP contribution in [0.1, 0.15) is 10.4 Å². The van der Waals surface area contributed by atoms with E-state index in [-0.39, 0.29) is 17.3 Å². The van der Waals surface area contributed by atoms with Crippen LogP contribution < -0.4 is 10.5 Å².